The summed E-state index contributed by atoms with van der Waals surface area (Å²) in [6.07, 6.45) is 1.84. The van der Waals surface area contributed by atoms with Gasteiger partial charge < -0.3 is 4.90 Å². The molecule has 0 spiro atoms. The number of hydrogen-bond donors (Lipinski definition) is 0. The van der Waals surface area contributed by atoms with Crippen molar-refractivity contribution in [2.24, 2.45) is 0 Å². The van der Waals surface area contributed by atoms with Gasteiger partial charge in [0.25, 0.3) is 0 Å². The molecule has 78 valence electrons. The predicted octanol–water partition coefficient (Wildman–Crippen LogP) is 2.97. The first-order valence-corrected chi connectivity index (χ1v) is 5.34. The van der Waals surface area contributed by atoms with Crippen molar-refractivity contribution in [3.05, 3.63) is 23.4 Å². The maximum Gasteiger partial charge on any atom is 0.131 e. The molecule has 0 atom stereocenters. The zero-order chi connectivity index (χ0) is 10.7. The van der Waals surface area contributed by atoms with Crippen molar-refractivity contribution >= 4 is 17.4 Å². The topological polar surface area (TPSA) is 16.1 Å². The maximum atomic E-state index is 5.74. The highest BCUT2D eigenvalue weighted by Crippen LogP contribution is 2.19. The van der Waals surface area contributed by atoms with E-state index in [4.69, 9.17) is 11.6 Å². The van der Waals surface area contributed by atoms with Crippen molar-refractivity contribution < 1.29 is 0 Å². The van der Waals surface area contributed by atoms with Gasteiger partial charge in [0.05, 0.1) is 0 Å². The summed E-state index contributed by atoms with van der Waals surface area (Å²) in [5, 5.41) is 0. The van der Waals surface area contributed by atoms with Gasteiger partial charge in [-0.2, -0.15) is 0 Å². The van der Waals surface area contributed by atoms with Crippen LogP contribution in [0.4, 0.5) is 5.82 Å². The number of aromatic nitrogens is 1. The normalized spacial score (nSPS) is 10.7. The summed E-state index contributed by atoms with van der Waals surface area (Å²) in [5.41, 5.74) is 2.25. The number of anilines is 1. The average Bonchev–Trinajstić information content (AvgIpc) is 2.16. The van der Waals surface area contributed by atoms with Crippen molar-refractivity contribution in [3.63, 3.8) is 0 Å². The van der Waals surface area contributed by atoms with Gasteiger partial charge >= 0.3 is 0 Å². The molecule has 2 nitrogen and oxygen atoms in total. The summed E-state index contributed by atoms with van der Waals surface area (Å²) in [7, 11) is 2.06. The number of hydrogen-bond acceptors (Lipinski definition) is 2. The molecule has 0 saturated carbocycles. The van der Waals surface area contributed by atoms with Crippen LogP contribution in [0.5, 0.6) is 0 Å². The van der Waals surface area contributed by atoms with Crippen LogP contribution in [0.1, 0.15) is 25.0 Å². The molecule has 0 bridgehead atoms. The second kappa shape index (κ2) is 4.65. The van der Waals surface area contributed by atoms with Crippen LogP contribution in [-0.4, -0.2) is 18.1 Å². The molecule has 0 N–H and O–H groups in total. The number of aryl methyl sites for hydroxylation is 1. The lowest BCUT2D eigenvalue weighted by Crippen LogP contribution is -2.27. The summed E-state index contributed by atoms with van der Waals surface area (Å²) in [6.45, 7) is 6.37. The summed E-state index contributed by atoms with van der Waals surface area (Å²) in [4.78, 5) is 6.57. The van der Waals surface area contributed by atoms with Gasteiger partial charge in [-0.1, -0.05) is 0 Å². The minimum Gasteiger partial charge on any atom is -0.357 e. The molecule has 0 aliphatic carbocycles. The largest absolute Gasteiger partial charge is 0.357 e. The van der Waals surface area contributed by atoms with Crippen LogP contribution in [-0.2, 0) is 5.88 Å². The van der Waals surface area contributed by atoms with E-state index in [9.17, 15) is 0 Å². The highest BCUT2D eigenvalue weighted by molar-refractivity contribution is 6.17. The van der Waals surface area contributed by atoms with Gasteiger partial charge in [-0.25, -0.2) is 4.98 Å². The van der Waals surface area contributed by atoms with Gasteiger partial charge in [-0.3, -0.25) is 0 Å². The van der Waals surface area contributed by atoms with Gasteiger partial charge in [-0.05, 0) is 38.0 Å². The molecular formula is C11H17ClN2. The molecule has 0 aliphatic rings. The van der Waals surface area contributed by atoms with Gasteiger partial charge in [0.15, 0.2) is 0 Å². The Bertz CT molecular complexity index is 310. The minimum absolute atomic E-state index is 0.461. The molecule has 1 rings (SSSR count). The standard InChI is InChI=1S/C11H17ClN2/c1-8(2)14(4)11-9(3)5-10(6-12)7-13-11/h5,7-8H,6H2,1-4H3. The molecule has 0 unspecified atom stereocenters. The number of pyridine rings is 1. The molecular weight excluding hydrogens is 196 g/mol. The monoisotopic (exact) mass is 212 g/mol. The molecule has 1 heterocycles. The summed E-state index contributed by atoms with van der Waals surface area (Å²) in [6, 6.07) is 2.55. The Kier molecular flexibility index (Phi) is 3.76. The van der Waals surface area contributed by atoms with Gasteiger partial charge in [0.1, 0.15) is 5.82 Å². The molecule has 0 fully saturated rings. The summed E-state index contributed by atoms with van der Waals surface area (Å²) < 4.78 is 0. The quantitative estimate of drug-likeness (QED) is 0.717. The summed E-state index contributed by atoms with van der Waals surface area (Å²) in [5.74, 6) is 1.56. The average molecular weight is 213 g/mol. The number of alkyl halides is 1. The molecule has 3 heteroatoms. The molecule has 1 aromatic heterocycles. The fraction of sp³-hybridized carbons (Fsp3) is 0.545. The van der Waals surface area contributed by atoms with Crippen molar-refractivity contribution in [1.29, 1.82) is 0 Å². The molecule has 1 aromatic rings. The highest BCUT2D eigenvalue weighted by atomic mass is 35.5. The second-order valence-electron chi connectivity index (χ2n) is 3.82. The fourth-order valence-electron chi connectivity index (χ4n) is 1.31. The van der Waals surface area contributed by atoms with E-state index in [2.05, 4.69) is 43.8 Å². The maximum absolute atomic E-state index is 5.74. The van der Waals surface area contributed by atoms with Gasteiger partial charge in [-0.15, -0.1) is 11.6 Å². The molecule has 0 amide bonds. The smallest absolute Gasteiger partial charge is 0.131 e. The Morgan fingerprint density at radius 1 is 1.50 bits per heavy atom. The fourth-order valence-corrected chi connectivity index (χ4v) is 1.46. The zero-order valence-electron chi connectivity index (χ0n) is 9.21. The highest BCUT2D eigenvalue weighted by Gasteiger charge is 2.09. The van der Waals surface area contributed by atoms with E-state index in [0.29, 0.717) is 11.9 Å². The van der Waals surface area contributed by atoms with Crippen LogP contribution in [0.25, 0.3) is 0 Å². The first-order valence-electron chi connectivity index (χ1n) is 4.80. The molecule has 0 aromatic carbocycles. The van der Waals surface area contributed by atoms with E-state index >= 15 is 0 Å². The van der Waals surface area contributed by atoms with Crippen LogP contribution < -0.4 is 4.90 Å². The van der Waals surface area contributed by atoms with E-state index < -0.39 is 0 Å². The third-order valence-electron chi connectivity index (χ3n) is 2.37. The Balaban J connectivity index is 2.99. The second-order valence-corrected chi connectivity index (χ2v) is 4.09. The molecule has 14 heavy (non-hydrogen) atoms. The Labute approximate surface area is 90.9 Å². The van der Waals surface area contributed by atoms with E-state index in [1.54, 1.807) is 0 Å². The van der Waals surface area contributed by atoms with Crippen LogP contribution in [0.15, 0.2) is 12.3 Å². The zero-order valence-corrected chi connectivity index (χ0v) is 9.97. The first kappa shape index (κ1) is 11.3. The van der Waals surface area contributed by atoms with Gasteiger partial charge in [0, 0.05) is 25.2 Å². The number of rotatable bonds is 3. The van der Waals surface area contributed by atoms with Crippen molar-refractivity contribution in [2.75, 3.05) is 11.9 Å². The Hall–Kier alpha value is -0.760. The molecule has 0 saturated heterocycles. The third kappa shape index (κ3) is 2.38. The van der Waals surface area contributed by atoms with Crippen LogP contribution in [0, 0.1) is 6.92 Å². The summed E-state index contributed by atoms with van der Waals surface area (Å²) >= 11 is 5.74. The van der Waals surface area contributed by atoms with E-state index in [1.807, 2.05) is 6.20 Å². The van der Waals surface area contributed by atoms with Crippen LogP contribution in [0.2, 0.25) is 0 Å². The van der Waals surface area contributed by atoms with Crippen LogP contribution >= 0.6 is 11.6 Å². The Morgan fingerprint density at radius 3 is 2.57 bits per heavy atom. The lowest BCUT2D eigenvalue weighted by molar-refractivity contribution is 0.740. The Morgan fingerprint density at radius 2 is 2.14 bits per heavy atom. The van der Waals surface area contributed by atoms with Crippen molar-refractivity contribution in [1.82, 2.24) is 4.98 Å². The lowest BCUT2D eigenvalue weighted by atomic mass is 10.2. The third-order valence-corrected chi connectivity index (χ3v) is 2.68. The van der Waals surface area contributed by atoms with Gasteiger partial charge in [0.2, 0.25) is 0 Å². The van der Waals surface area contributed by atoms with E-state index in [0.717, 1.165) is 11.4 Å². The number of halogens is 1. The van der Waals surface area contributed by atoms with Crippen molar-refractivity contribution in [3.8, 4) is 0 Å². The number of nitrogens with zero attached hydrogens (tertiary/aromatic N) is 2. The minimum atomic E-state index is 0.461. The van der Waals surface area contributed by atoms with Crippen molar-refractivity contribution in [2.45, 2.75) is 32.7 Å². The molecule has 0 aliphatic heterocycles. The molecule has 0 radical (unpaired) electrons. The predicted molar refractivity (Wildman–Crippen MR) is 62.1 cm³/mol. The van der Waals surface area contributed by atoms with E-state index in [-0.39, 0.29) is 0 Å². The first-order chi connectivity index (χ1) is 6.56. The SMILES string of the molecule is Cc1cc(CCl)cnc1N(C)C(C)C. The van der Waals surface area contributed by atoms with E-state index in [1.165, 1.54) is 5.56 Å². The van der Waals surface area contributed by atoms with Crippen LogP contribution in [0.3, 0.4) is 0 Å². The lowest BCUT2D eigenvalue weighted by Gasteiger charge is -2.24.